The molecule has 1 heterocycles. The highest BCUT2D eigenvalue weighted by atomic mass is 32.1. The molecule has 2 rings (SSSR count). The van der Waals surface area contributed by atoms with Gasteiger partial charge in [0.05, 0.1) is 24.6 Å². The second-order valence-electron chi connectivity index (χ2n) is 5.21. The minimum absolute atomic E-state index is 0.0867. The zero-order chi connectivity index (χ0) is 15.2. The van der Waals surface area contributed by atoms with Crippen molar-refractivity contribution in [2.24, 2.45) is 5.92 Å². The van der Waals surface area contributed by atoms with Gasteiger partial charge in [-0.25, -0.2) is 0 Å². The number of carbonyl (C=O) groups excluding carboxylic acids is 1. The second-order valence-corrected chi connectivity index (χ2v) is 5.62. The van der Waals surface area contributed by atoms with Gasteiger partial charge in [0.15, 0.2) is 5.11 Å². The van der Waals surface area contributed by atoms with E-state index in [0.29, 0.717) is 5.11 Å². The highest BCUT2D eigenvalue weighted by molar-refractivity contribution is 7.80. The number of ether oxygens (including phenoxy) is 1. The lowest BCUT2D eigenvalue weighted by Crippen LogP contribution is -2.39. The van der Waals surface area contributed by atoms with Crippen LogP contribution in [0.5, 0.6) is 0 Å². The summed E-state index contributed by atoms with van der Waals surface area (Å²) in [7, 11) is 0. The molecule has 0 unspecified atom stereocenters. The average Bonchev–Trinajstić information content (AvgIpc) is 2.48. The van der Waals surface area contributed by atoms with E-state index in [1.54, 1.807) is 0 Å². The molecule has 5 nitrogen and oxygen atoms in total. The molecule has 1 aliphatic heterocycles. The molecule has 1 aliphatic rings. The maximum atomic E-state index is 11.7. The topological polar surface area (TPSA) is 53.6 Å². The van der Waals surface area contributed by atoms with E-state index < -0.39 is 0 Å². The summed E-state index contributed by atoms with van der Waals surface area (Å²) >= 11 is 5.21. The number of amides is 1. The number of thiocarbonyl (C=S) groups is 1. The monoisotopic (exact) mass is 307 g/mol. The molecule has 2 N–H and O–H groups in total. The van der Waals surface area contributed by atoms with Crippen molar-refractivity contribution in [1.82, 2.24) is 5.32 Å². The third-order valence-electron chi connectivity index (χ3n) is 3.27. The highest BCUT2D eigenvalue weighted by Gasteiger charge is 2.15. The number of nitrogens with one attached hydrogen (secondary N) is 2. The van der Waals surface area contributed by atoms with Crippen molar-refractivity contribution in [2.75, 3.05) is 36.5 Å². The zero-order valence-corrected chi connectivity index (χ0v) is 13.2. The van der Waals surface area contributed by atoms with E-state index in [1.165, 1.54) is 0 Å². The predicted octanol–water partition coefficient (Wildman–Crippen LogP) is 1.99. The molecule has 0 aromatic heterocycles. The summed E-state index contributed by atoms with van der Waals surface area (Å²) in [6.45, 7) is 6.82. The van der Waals surface area contributed by atoms with Crippen molar-refractivity contribution >= 4 is 34.6 Å². The lowest BCUT2D eigenvalue weighted by Gasteiger charge is -2.30. The van der Waals surface area contributed by atoms with Crippen LogP contribution >= 0.6 is 12.2 Å². The van der Waals surface area contributed by atoms with Gasteiger partial charge in [0.1, 0.15) is 0 Å². The Kier molecular flexibility index (Phi) is 5.52. The average molecular weight is 307 g/mol. The summed E-state index contributed by atoms with van der Waals surface area (Å²) in [4.78, 5) is 13.9. The van der Waals surface area contributed by atoms with Crippen LogP contribution in [0.25, 0.3) is 0 Å². The molecule has 114 valence electrons. The van der Waals surface area contributed by atoms with Crippen molar-refractivity contribution in [3.63, 3.8) is 0 Å². The number of benzene rings is 1. The minimum atomic E-state index is -0.0979. The number of carbonyl (C=O) groups is 1. The van der Waals surface area contributed by atoms with E-state index in [2.05, 4.69) is 15.5 Å². The summed E-state index contributed by atoms with van der Waals surface area (Å²) in [6, 6.07) is 7.93. The van der Waals surface area contributed by atoms with Gasteiger partial charge >= 0.3 is 0 Å². The lowest BCUT2D eigenvalue weighted by atomic mass is 10.2. The number of para-hydroxylation sites is 2. The molecule has 1 aromatic carbocycles. The fourth-order valence-electron chi connectivity index (χ4n) is 2.07. The third-order valence-corrected chi connectivity index (χ3v) is 3.47. The fraction of sp³-hybridized carbons (Fsp3) is 0.467. The number of anilines is 2. The van der Waals surface area contributed by atoms with Crippen LogP contribution in [-0.4, -0.2) is 37.3 Å². The maximum absolute atomic E-state index is 11.7. The number of nitrogens with zero attached hydrogens (tertiary/aromatic N) is 1. The van der Waals surface area contributed by atoms with Gasteiger partial charge in [-0.2, -0.15) is 0 Å². The van der Waals surface area contributed by atoms with Gasteiger partial charge < -0.3 is 20.3 Å². The standard InChI is InChI=1S/C15H21N3O2S/c1-11(2)14(19)17-15(21)16-12-5-3-4-6-13(12)18-7-9-20-10-8-18/h3-6,11H,7-10H2,1-2H3,(H2,16,17,19,21). The Morgan fingerprint density at radius 2 is 1.95 bits per heavy atom. The van der Waals surface area contributed by atoms with Crippen LogP contribution in [-0.2, 0) is 9.53 Å². The van der Waals surface area contributed by atoms with E-state index >= 15 is 0 Å². The summed E-state index contributed by atoms with van der Waals surface area (Å²) in [6.07, 6.45) is 0. The molecule has 0 radical (unpaired) electrons. The molecular formula is C15H21N3O2S. The number of hydrogen-bond acceptors (Lipinski definition) is 4. The molecule has 0 atom stereocenters. The third kappa shape index (κ3) is 4.41. The maximum Gasteiger partial charge on any atom is 0.228 e. The Hall–Kier alpha value is -1.66. The quantitative estimate of drug-likeness (QED) is 0.837. The van der Waals surface area contributed by atoms with Gasteiger partial charge in [-0.1, -0.05) is 26.0 Å². The molecule has 1 saturated heterocycles. The van der Waals surface area contributed by atoms with E-state index in [9.17, 15) is 4.79 Å². The van der Waals surface area contributed by atoms with Crippen LogP contribution in [0.1, 0.15) is 13.8 Å². The number of rotatable bonds is 3. The Morgan fingerprint density at radius 1 is 1.29 bits per heavy atom. The fourth-order valence-corrected chi connectivity index (χ4v) is 2.28. The van der Waals surface area contributed by atoms with Gasteiger partial charge in [-0.3, -0.25) is 4.79 Å². The SMILES string of the molecule is CC(C)C(=O)NC(=S)Nc1ccccc1N1CCOCC1. The number of morpholine rings is 1. The predicted molar refractivity (Wildman–Crippen MR) is 88.7 cm³/mol. The van der Waals surface area contributed by atoms with E-state index in [0.717, 1.165) is 37.7 Å². The second kappa shape index (κ2) is 7.38. The first-order valence-corrected chi connectivity index (χ1v) is 7.52. The summed E-state index contributed by atoms with van der Waals surface area (Å²) in [5.41, 5.74) is 1.97. The van der Waals surface area contributed by atoms with E-state index in [-0.39, 0.29) is 11.8 Å². The Bertz CT molecular complexity index is 513. The van der Waals surface area contributed by atoms with E-state index in [1.807, 2.05) is 38.1 Å². The summed E-state index contributed by atoms with van der Waals surface area (Å²) < 4.78 is 5.38. The van der Waals surface area contributed by atoms with Crippen molar-refractivity contribution < 1.29 is 9.53 Å². The molecule has 0 bridgehead atoms. The van der Waals surface area contributed by atoms with Crippen LogP contribution in [0.3, 0.4) is 0 Å². The van der Waals surface area contributed by atoms with Gasteiger partial charge in [0, 0.05) is 19.0 Å². The Labute approximate surface area is 130 Å². The first-order chi connectivity index (χ1) is 10.1. The van der Waals surface area contributed by atoms with Crippen LogP contribution in [0.2, 0.25) is 0 Å². The summed E-state index contributed by atoms with van der Waals surface area (Å²) in [5, 5.41) is 6.13. The first-order valence-electron chi connectivity index (χ1n) is 7.11. The van der Waals surface area contributed by atoms with E-state index in [4.69, 9.17) is 17.0 Å². The molecule has 6 heteroatoms. The first kappa shape index (κ1) is 15.7. The lowest BCUT2D eigenvalue weighted by molar-refractivity contribution is -0.122. The van der Waals surface area contributed by atoms with Crippen LogP contribution in [0.4, 0.5) is 11.4 Å². The van der Waals surface area contributed by atoms with Crippen molar-refractivity contribution in [1.29, 1.82) is 0 Å². The van der Waals surface area contributed by atoms with Crippen LogP contribution in [0.15, 0.2) is 24.3 Å². The largest absolute Gasteiger partial charge is 0.378 e. The zero-order valence-electron chi connectivity index (χ0n) is 12.4. The molecule has 1 fully saturated rings. The van der Waals surface area contributed by atoms with Crippen LogP contribution < -0.4 is 15.5 Å². The molecular weight excluding hydrogens is 286 g/mol. The van der Waals surface area contributed by atoms with Crippen LogP contribution in [0, 0.1) is 5.92 Å². The Morgan fingerprint density at radius 3 is 2.62 bits per heavy atom. The molecule has 0 saturated carbocycles. The van der Waals surface area contributed by atoms with Gasteiger partial charge in [0.25, 0.3) is 0 Å². The molecule has 0 aliphatic carbocycles. The number of hydrogen-bond donors (Lipinski definition) is 2. The molecule has 1 aromatic rings. The smallest absolute Gasteiger partial charge is 0.228 e. The molecule has 21 heavy (non-hydrogen) atoms. The highest BCUT2D eigenvalue weighted by Crippen LogP contribution is 2.26. The minimum Gasteiger partial charge on any atom is -0.378 e. The molecule has 0 spiro atoms. The van der Waals surface area contributed by atoms with Crippen molar-refractivity contribution in [3.8, 4) is 0 Å². The van der Waals surface area contributed by atoms with Gasteiger partial charge in [-0.05, 0) is 24.4 Å². The summed E-state index contributed by atoms with van der Waals surface area (Å²) in [5.74, 6) is -0.185. The van der Waals surface area contributed by atoms with Gasteiger partial charge in [-0.15, -0.1) is 0 Å². The Balaban J connectivity index is 2.05. The van der Waals surface area contributed by atoms with Crippen molar-refractivity contribution in [3.05, 3.63) is 24.3 Å². The van der Waals surface area contributed by atoms with Crippen molar-refractivity contribution in [2.45, 2.75) is 13.8 Å². The molecule has 1 amide bonds. The van der Waals surface area contributed by atoms with Gasteiger partial charge in [0.2, 0.25) is 5.91 Å². The normalized spacial score (nSPS) is 14.9.